The van der Waals surface area contributed by atoms with Gasteiger partial charge in [-0.25, -0.2) is 13.4 Å². The second-order valence-electron chi connectivity index (χ2n) is 4.09. The van der Waals surface area contributed by atoms with Gasteiger partial charge in [0.25, 0.3) is 0 Å². The third-order valence-corrected chi connectivity index (χ3v) is 4.24. The van der Waals surface area contributed by atoms with E-state index >= 15 is 0 Å². The van der Waals surface area contributed by atoms with Crippen LogP contribution in [0.4, 0.5) is 0 Å². The van der Waals surface area contributed by atoms with Crippen LogP contribution >= 0.6 is 15.9 Å². The van der Waals surface area contributed by atoms with E-state index in [1.54, 1.807) is 18.5 Å². The van der Waals surface area contributed by atoms with Crippen LogP contribution in [0.15, 0.2) is 41.7 Å². The third kappa shape index (κ3) is 3.20. The Kier molecular flexibility index (Phi) is 3.87. The molecule has 0 aliphatic rings. The summed E-state index contributed by atoms with van der Waals surface area (Å²) < 4.78 is 24.6. The summed E-state index contributed by atoms with van der Waals surface area (Å²) in [7, 11) is -3.12. The molecule has 2 rings (SSSR count). The van der Waals surface area contributed by atoms with E-state index in [2.05, 4.69) is 20.9 Å². The number of aromatic nitrogens is 2. The van der Waals surface area contributed by atoms with Crippen molar-refractivity contribution in [1.29, 1.82) is 0 Å². The van der Waals surface area contributed by atoms with Crippen molar-refractivity contribution < 1.29 is 8.42 Å². The van der Waals surface area contributed by atoms with Crippen molar-refractivity contribution in [1.82, 2.24) is 9.55 Å². The quantitative estimate of drug-likeness (QED) is 0.809. The predicted molar refractivity (Wildman–Crippen MR) is 73.5 cm³/mol. The third-order valence-electron chi connectivity index (χ3n) is 2.54. The van der Waals surface area contributed by atoms with E-state index < -0.39 is 9.84 Å². The summed E-state index contributed by atoms with van der Waals surface area (Å²) >= 11 is 3.35. The van der Waals surface area contributed by atoms with Crippen molar-refractivity contribution in [3.05, 3.63) is 48.0 Å². The van der Waals surface area contributed by atoms with Crippen LogP contribution < -0.4 is 0 Å². The highest BCUT2D eigenvalue weighted by atomic mass is 79.9. The molecule has 1 aromatic carbocycles. The zero-order valence-corrected chi connectivity index (χ0v) is 12.3. The first-order chi connectivity index (χ1) is 8.49. The van der Waals surface area contributed by atoms with Gasteiger partial charge in [0.2, 0.25) is 0 Å². The Balaban J connectivity index is 2.15. The predicted octanol–water partition coefficient (Wildman–Crippen LogP) is 2.23. The van der Waals surface area contributed by atoms with Crippen LogP contribution in [-0.2, 0) is 21.7 Å². The SMILES string of the molecule is CS(=O)(=O)c1ccc(Cn2cnc(CBr)c2)cc1. The molecule has 0 aliphatic heterocycles. The fourth-order valence-corrected chi connectivity index (χ4v) is 2.53. The van der Waals surface area contributed by atoms with Gasteiger partial charge in [-0.2, -0.15) is 0 Å². The maximum absolute atomic E-state index is 11.3. The molecule has 96 valence electrons. The molecule has 0 N–H and O–H groups in total. The molecule has 0 bridgehead atoms. The van der Waals surface area contributed by atoms with Crippen LogP contribution in [0.5, 0.6) is 0 Å². The topological polar surface area (TPSA) is 52.0 Å². The van der Waals surface area contributed by atoms with Gasteiger partial charge in [-0.1, -0.05) is 28.1 Å². The van der Waals surface area contributed by atoms with Crippen molar-refractivity contribution in [3.8, 4) is 0 Å². The van der Waals surface area contributed by atoms with Crippen molar-refractivity contribution in [2.24, 2.45) is 0 Å². The van der Waals surface area contributed by atoms with Crippen molar-refractivity contribution in [3.63, 3.8) is 0 Å². The van der Waals surface area contributed by atoms with Gasteiger partial charge >= 0.3 is 0 Å². The molecular formula is C12H13BrN2O2S. The smallest absolute Gasteiger partial charge is 0.175 e. The molecule has 4 nitrogen and oxygen atoms in total. The van der Waals surface area contributed by atoms with Gasteiger partial charge in [0, 0.05) is 24.3 Å². The van der Waals surface area contributed by atoms with E-state index in [0.29, 0.717) is 11.4 Å². The minimum Gasteiger partial charge on any atom is -0.333 e. The van der Waals surface area contributed by atoms with E-state index in [0.717, 1.165) is 16.6 Å². The van der Waals surface area contributed by atoms with Gasteiger partial charge < -0.3 is 4.57 Å². The highest BCUT2D eigenvalue weighted by Crippen LogP contribution is 2.12. The zero-order valence-electron chi connectivity index (χ0n) is 9.88. The molecule has 0 unspecified atom stereocenters. The summed E-state index contributed by atoms with van der Waals surface area (Å²) in [5.74, 6) is 0. The van der Waals surface area contributed by atoms with Crippen molar-refractivity contribution in [2.45, 2.75) is 16.8 Å². The second-order valence-corrected chi connectivity index (χ2v) is 6.66. The summed E-state index contributed by atoms with van der Waals surface area (Å²) in [6, 6.07) is 6.91. The van der Waals surface area contributed by atoms with Gasteiger partial charge in [-0.3, -0.25) is 0 Å². The molecule has 0 saturated carbocycles. The summed E-state index contributed by atoms with van der Waals surface area (Å²) in [6.45, 7) is 0.685. The Hall–Kier alpha value is -1.14. The molecule has 0 atom stereocenters. The number of sulfone groups is 1. The molecule has 0 aliphatic carbocycles. The maximum atomic E-state index is 11.3. The molecule has 1 heterocycles. The van der Waals surface area contributed by atoms with Crippen LogP contribution in [0.25, 0.3) is 0 Å². The van der Waals surface area contributed by atoms with Gasteiger partial charge in [0.1, 0.15) is 0 Å². The number of rotatable bonds is 4. The molecule has 6 heteroatoms. The number of alkyl halides is 1. The number of nitrogens with zero attached hydrogens (tertiary/aromatic N) is 2. The van der Waals surface area contributed by atoms with E-state index in [1.165, 1.54) is 6.26 Å². The normalized spacial score (nSPS) is 11.7. The monoisotopic (exact) mass is 328 g/mol. The molecule has 2 aromatic rings. The van der Waals surface area contributed by atoms with Gasteiger partial charge in [0.05, 0.1) is 16.9 Å². The number of hydrogen-bond acceptors (Lipinski definition) is 3. The number of benzene rings is 1. The number of hydrogen-bond donors (Lipinski definition) is 0. The fraction of sp³-hybridized carbons (Fsp3) is 0.250. The van der Waals surface area contributed by atoms with E-state index in [4.69, 9.17) is 0 Å². The highest BCUT2D eigenvalue weighted by Gasteiger charge is 2.06. The summed E-state index contributed by atoms with van der Waals surface area (Å²) in [5.41, 5.74) is 2.02. The largest absolute Gasteiger partial charge is 0.333 e. The zero-order chi connectivity index (χ0) is 13.2. The molecular weight excluding hydrogens is 316 g/mol. The summed E-state index contributed by atoms with van der Waals surface area (Å²) in [4.78, 5) is 4.55. The summed E-state index contributed by atoms with van der Waals surface area (Å²) in [5, 5.41) is 0.729. The Labute approximate surface area is 115 Å². The molecule has 0 fully saturated rings. The lowest BCUT2D eigenvalue weighted by atomic mass is 10.2. The standard InChI is InChI=1S/C12H13BrN2O2S/c1-18(16,17)12-4-2-10(3-5-12)7-15-8-11(6-13)14-9-15/h2-5,8-9H,6-7H2,1H3. The van der Waals surface area contributed by atoms with E-state index in [9.17, 15) is 8.42 Å². The van der Waals surface area contributed by atoms with Gasteiger partial charge in [-0.05, 0) is 17.7 Å². The molecule has 0 spiro atoms. The number of imidazole rings is 1. The first-order valence-corrected chi connectivity index (χ1v) is 8.36. The van der Waals surface area contributed by atoms with Gasteiger partial charge in [0.15, 0.2) is 9.84 Å². The van der Waals surface area contributed by atoms with E-state index in [-0.39, 0.29) is 0 Å². The second kappa shape index (κ2) is 5.24. The fourth-order valence-electron chi connectivity index (χ4n) is 1.61. The highest BCUT2D eigenvalue weighted by molar-refractivity contribution is 9.08. The van der Waals surface area contributed by atoms with Crippen LogP contribution in [-0.4, -0.2) is 24.2 Å². The summed E-state index contributed by atoms with van der Waals surface area (Å²) in [6.07, 6.45) is 4.93. The first-order valence-electron chi connectivity index (χ1n) is 5.34. The minimum absolute atomic E-state index is 0.345. The van der Waals surface area contributed by atoms with E-state index in [1.807, 2.05) is 22.9 Å². The molecule has 18 heavy (non-hydrogen) atoms. The Morgan fingerprint density at radius 3 is 2.44 bits per heavy atom. The average molecular weight is 329 g/mol. The first kappa shape index (κ1) is 13.3. The molecule has 0 amide bonds. The van der Waals surface area contributed by atoms with Crippen LogP contribution in [0.3, 0.4) is 0 Å². The molecule has 0 saturated heterocycles. The lowest BCUT2D eigenvalue weighted by Crippen LogP contribution is -1.99. The lowest BCUT2D eigenvalue weighted by Gasteiger charge is -2.03. The van der Waals surface area contributed by atoms with Crippen LogP contribution in [0.2, 0.25) is 0 Å². The maximum Gasteiger partial charge on any atom is 0.175 e. The lowest BCUT2D eigenvalue weighted by molar-refractivity contribution is 0.602. The molecule has 0 radical (unpaired) electrons. The number of halogens is 1. The Bertz CT molecular complexity index is 632. The van der Waals surface area contributed by atoms with Crippen LogP contribution in [0, 0.1) is 0 Å². The Morgan fingerprint density at radius 1 is 1.28 bits per heavy atom. The minimum atomic E-state index is -3.12. The van der Waals surface area contributed by atoms with Gasteiger partial charge in [-0.15, -0.1) is 0 Å². The van der Waals surface area contributed by atoms with Crippen LogP contribution in [0.1, 0.15) is 11.3 Å². The average Bonchev–Trinajstić information content (AvgIpc) is 2.76. The molecule has 1 aromatic heterocycles. The Morgan fingerprint density at radius 2 is 1.94 bits per heavy atom. The van der Waals surface area contributed by atoms with Crippen molar-refractivity contribution >= 4 is 25.8 Å². The van der Waals surface area contributed by atoms with Crippen molar-refractivity contribution in [2.75, 3.05) is 6.26 Å².